The van der Waals surface area contributed by atoms with Crippen LogP contribution in [0.5, 0.6) is 0 Å². The zero-order valence-corrected chi connectivity index (χ0v) is 12.7. The molecule has 0 spiro atoms. The van der Waals surface area contributed by atoms with E-state index in [1.807, 2.05) is 0 Å². The van der Waals surface area contributed by atoms with E-state index in [0.29, 0.717) is 0 Å². The van der Waals surface area contributed by atoms with Gasteiger partial charge in [0, 0.05) is 19.1 Å². The van der Waals surface area contributed by atoms with Crippen molar-refractivity contribution in [3.8, 4) is 0 Å². The summed E-state index contributed by atoms with van der Waals surface area (Å²) in [4.78, 5) is 2.30. The fourth-order valence-electron chi connectivity index (χ4n) is 4.11. The molecule has 2 fully saturated rings. The number of likely N-dealkylation sites (tertiary alicyclic amines) is 1. The van der Waals surface area contributed by atoms with E-state index in [1.54, 1.807) is 0 Å². The second kappa shape index (κ2) is 6.91. The minimum atomic E-state index is -0.247. The Bertz CT molecular complexity index is 428. The molecular weight excluding hydrogens is 262 g/mol. The molecule has 3 nitrogen and oxygen atoms in total. The number of aliphatic hydroxyl groups is 2. The summed E-state index contributed by atoms with van der Waals surface area (Å²) in [5, 5.41) is 19.2. The molecule has 21 heavy (non-hydrogen) atoms. The van der Waals surface area contributed by atoms with Crippen molar-refractivity contribution in [3.05, 3.63) is 35.9 Å². The van der Waals surface area contributed by atoms with Gasteiger partial charge in [-0.15, -0.1) is 0 Å². The van der Waals surface area contributed by atoms with Crippen LogP contribution in [-0.4, -0.2) is 47.0 Å². The Labute approximate surface area is 127 Å². The van der Waals surface area contributed by atoms with Gasteiger partial charge in [0.2, 0.25) is 0 Å². The van der Waals surface area contributed by atoms with Gasteiger partial charge in [-0.05, 0) is 49.5 Å². The van der Waals surface area contributed by atoms with Crippen molar-refractivity contribution in [1.29, 1.82) is 0 Å². The van der Waals surface area contributed by atoms with Gasteiger partial charge in [0.1, 0.15) is 0 Å². The summed E-state index contributed by atoms with van der Waals surface area (Å²) in [5.74, 6) is 1.45. The Balaban J connectivity index is 1.50. The summed E-state index contributed by atoms with van der Waals surface area (Å²) in [7, 11) is 0. The van der Waals surface area contributed by atoms with Crippen molar-refractivity contribution in [2.45, 2.75) is 50.2 Å². The maximum Gasteiger partial charge on any atom is 0.0683 e. The normalized spacial score (nSPS) is 34.2. The number of hydrogen-bond donors (Lipinski definition) is 2. The summed E-state index contributed by atoms with van der Waals surface area (Å²) in [5.41, 5.74) is 1.49. The fourth-order valence-corrected chi connectivity index (χ4v) is 4.11. The van der Waals surface area contributed by atoms with Crippen LogP contribution < -0.4 is 0 Å². The van der Waals surface area contributed by atoms with Crippen molar-refractivity contribution in [1.82, 2.24) is 4.90 Å². The number of β-amino-alcohol motifs (C(OH)–C–C–N with tert-alkyl or cyclic N) is 1. The molecule has 2 atom stereocenters. The molecule has 2 N–H and O–H groups in total. The van der Waals surface area contributed by atoms with E-state index in [9.17, 15) is 10.2 Å². The first-order valence-corrected chi connectivity index (χ1v) is 8.34. The smallest absolute Gasteiger partial charge is 0.0683 e. The third-order valence-corrected chi connectivity index (χ3v) is 5.33. The highest BCUT2D eigenvalue weighted by Crippen LogP contribution is 2.36. The Morgan fingerprint density at radius 2 is 1.76 bits per heavy atom. The van der Waals surface area contributed by atoms with Crippen molar-refractivity contribution in [2.24, 2.45) is 5.92 Å². The Morgan fingerprint density at radius 3 is 2.43 bits per heavy atom. The van der Waals surface area contributed by atoms with Crippen molar-refractivity contribution < 1.29 is 10.2 Å². The zero-order chi connectivity index (χ0) is 14.7. The number of benzene rings is 1. The van der Waals surface area contributed by atoms with Crippen molar-refractivity contribution in [3.63, 3.8) is 0 Å². The average molecular weight is 289 g/mol. The monoisotopic (exact) mass is 289 g/mol. The second-order valence-electron chi connectivity index (χ2n) is 6.81. The van der Waals surface area contributed by atoms with Gasteiger partial charge in [-0.1, -0.05) is 30.3 Å². The van der Waals surface area contributed by atoms with Crippen LogP contribution in [-0.2, 0) is 0 Å². The Kier molecular flexibility index (Phi) is 4.94. The zero-order valence-electron chi connectivity index (χ0n) is 12.7. The molecule has 1 aliphatic carbocycles. The van der Waals surface area contributed by atoms with Crippen LogP contribution in [0.1, 0.15) is 43.6 Å². The van der Waals surface area contributed by atoms with Crippen LogP contribution in [0.4, 0.5) is 0 Å². The highest BCUT2D eigenvalue weighted by molar-refractivity contribution is 5.19. The van der Waals surface area contributed by atoms with Crippen LogP contribution in [0.15, 0.2) is 30.3 Å². The molecule has 1 aromatic carbocycles. The lowest BCUT2D eigenvalue weighted by molar-refractivity contribution is 0.125. The van der Waals surface area contributed by atoms with Gasteiger partial charge >= 0.3 is 0 Å². The number of aliphatic hydroxyl groups excluding tert-OH is 2. The van der Waals surface area contributed by atoms with Gasteiger partial charge < -0.3 is 10.2 Å². The SMILES string of the molecule is OC[C@@H]1C[C@H](O)CN1CC1CCC(c2ccccc2)CC1. The molecule has 0 aromatic heterocycles. The molecule has 3 rings (SSSR count). The first-order valence-electron chi connectivity index (χ1n) is 8.34. The molecule has 1 aromatic rings. The maximum absolute atomic E-state index is 9.77. The summed E-state index contributed by atoms with van der Waals surface area (Å²) in [6.45, 7) is 1.96. The van der Waals surface area contributed by atoms with E-state index in [1.165, 1.54) is 31.2 Å². The quantitative estimate of drug-likeness (QED) is 0.894. The molecule has 1 heterocycles. The van der Waals surface area contributed by atoms with Crippen LogP contribution in [0, 0.1) is 5.92 Å². The first kappa shape index (κ1) is 15.0. The largest absolute Gasteiger partial charge is 0.395 e. The maximum atomic E-state index is 9.77. The van der Waals surface area contributed by atoms with Gasteiger partial charge in [-0.25, -0.2) is 0 Å². The van der Waals surface area contributed by atoms with Crippen LogP contribution >= 0.6 is 0 Å². The summed E-state index contributed by atoms with van der Waals surface area (Å²) < 4.78 is 0. The van der Waals surface area contributed by atoms with E-state index in [2.05, 4.69) is 35.2 Å². The van der Waals surface area contributed by atoms with Gasteiger partial charge in [0.25, 0.3) is 0 Å². The molecule has 1 saturated carbocycles. The standard InChI is InChI=1S/C18H27NO2/c20-13-17-10-18(21)12-19(17)11-14-6-8-16(9-7-14)15-4-2-1-3-5-15/h1-5,14,16-18,20-21H,6-13H2/t14?,16?,17-,18-/m0/s1. The lowest BCUT2D eigenvalue weighted by Gasteiger charge is -2.33. The Hall–Kier alpha value is -0.900. The summed E-state index contributed by atoms with van der Waals surface area (Å²) in [6.07, 6.45) is 5.57. The first-order chi connectivity index (χ1) is 10.3. The number of rotatable bonds is 4. The van der Waals surface area contributed by atoms with Gasteiger partial charge in [-0.3, -0.25) is 4.90 Å². The lowest BCUT2D eigenvalue weighted by Crippen LogP contribution is -2.37. The Morgan fingerprint density at radius 1 is 1.05 bits per heavy atom. The molecule has 0 amide bonds. The van der Waals surface area contributed by atoms with E-state index < -0.39 is 0 Å². The second-order valence-corrected chi connectivity index (χ2v) is 6.81. The summed E-state index contributed by atoms with van der Waals surface area (Å²) in [6, 6.07) is 11.0. The molecule has 116 valence electrons. The summed E-state index contributed by atoms with van der Waals surface area (Å²) >= 11 is 0. The van der Waals surface area contributed by atoms with Gasteiger partial charge in [0.05, 0.1) is 12.7 Å². The van der Waals surface area contributed by atoms with E-state index in [0.717, 1.165) is 31.3 Å². The fraction of sp³-hybridized carbons (Fsp3) is 0.667. The molecule has 0 bridgehead atoms. The predicted molar refractivity (Wildman–Crippen MR) is 84.2 cm³/mol. The highest BCUT2D eigenvalue weighted by Gasteiger charge is 2.32. The molecule has 0 unspecified atom stereocenters. The molecule has 1 aliphatic heterocycles. The molecule has 0 radical (unpaired) electrons. The van der Waals surface area contributed by atoms with Gasteiger partial charge in [-0.2, -0.15) is 0 Å². The number of nitrogens with zero attached hydrogens (tertiary/aromatic N) is 1. The predicted octanol–water partition coefficient (Wildman–Crippen LogP) is 2.39. The van der Waals surface area contributed by atoms with E-state index in [4.69, 9.17) is 0 Å². The third-order valence-electron chi connectivity index (χ3n) is 5.33. The lowest BCUT2D eigenvalue weighted by atomic mass is 9.78. The van der Waals surface area contributed by atoms with Crippen LogP contribution in [0.25, 0.3) is 0 Å². The van der Waals surface area contributed by atoms with E-state index in [-0.39, 0.29) is 18.8 Å². The molecule has 1 saturated heterocycles. The van der Waals surface area contributed by atoms with Crippen molar-refractivity contribution >= 4 is 0 Å². The van der Waals surface area contributed by atoms with E-state index >= 15 is 0 Å². The average Bonchev–Trinajstić information content (AvgIpc) is 2.88. The van der Waals surface area contributed by atoms with Gasteiger partial charge in [0.15, 0.2) is 0 Å². The molecule has 2 aliphatic rings. The van der Waals surface area contributed by atoms with Crippen LogP contribution in [0.3, 0.4) is 0 Å². The van der Waals surface area contributed by atoms with Crippen molar-refractivity contribution in [2.75, 3.05) is 19.7 Å². The third kappa shape index (κ3) is 3.65. The molecular formula is C18H27NO2. The molecule has 3 heteroatoms. The van der Waals surface area contributed by atoms with Crippen LogP contribution in [0.2, 0.25) is 0 Å². The minimum absolute atomic E-state index is 0.173. The minimum Gasteiger partial charge on any atom is -0.395 e. The topological polar surface area (TPSA) is 43.7 Å². The highest BCUT2D eigenvalue weighted by atomic mass is 16.3. The number of hydrogen-bond acceptors (Lipinski definition) is 3.